The molecule has 0 radical (unpaired) electrons. The van der Waals surface area contributed by atoms with Crippen molar-refractivity contribution in [3.8, 4) is 5.75 Å². The van der Waals surface area contributed by atoms with Crippen molar-refractivity contribution in [2.45, 2.75) is 18.4 Å². The Morgan fingerprint density at radius 2 is 2.13 bits per heavy atom. The van der Waals surface area contributed by atoms with Gasteiger partial charge in [-0.05, 0) is 47.0 Å². The van der Waals surface area contributed by atoms with Crippen LogP contribution in [-0.4, -0.2) is 12.1 Å². The molecule has 15 heavy (non-hydrogen) atoms. The van der Waals surface area contributed by atoms with Gasteiger partial charge in [-0.15, -0.1) is 12.4 Å². The summed E-state index contributed by atoms with van der Waals surface area (Å²) in [4.78, 5) is 0. The number of hydrogen-bond donors (Lipinski definition) is 1. The molecule has 2 N–H and O–H groups in total. The van der Waals surface area contributed by atoms with Gasteiger partial charge in [0, 0.05) is 4.47 Å². The molecule has 0 atom stereocenters. The van der Waals surface area contributed by atoms with Crippen LogP contribution in [-0.2, 0) is 0 Å². The number of nitrogens with two attached hydrogens (primary N) is 1. The van der Waals surface area contributed by atoms with Crippen LogP contribution in [0.2, 0.25) is 5.02 Å². The van der Waals surface area contributed by atoms with Crippen molar-refractivity contribution in [1.29, 1.82) is 0 Å². The number of ether oxygens (including phenoxy) is 1. The molecule has 1 saturated carbocycles. The molecule has 2 rings (SSSR count). The quantitative estimate of drug-likeness (QED) is 0.928. The highest BCUT2D eigenvalue weighted by Gasteiger charge is 2.39. The smallest absolute Gasteiger partial charge is 0.120 e. The average molecular weight is 313 g/mol. The van der Waals surface area contributed by atoms with Crippen LogP contribution in [0.25, 0.3) is 0 Å². The van der Waals surface area contributed by atoms with E-state index in [0.29, 0.717) is 11.6 Å². The van der Waals surface area contributed by atoms with Crippen molar-refractivity contribution in [2.75, 3.05) is 6.61 Å². The maximum Gasteiger partial charge on any atom is 0.120 e. The predicted molar refractivity (Wildman–Crippen MR) is 68.0 cm³/mol. The van der Waals surface area contributed by atoms with Gasteiger partial charge in [-0.25, -0.2) is 0 Å². The molecule has 0 aromatic heterocycles. The monoisotopic (exact) mass is 311 g/mol. The molecule has 1 aromatic carbocycles. The van der Waals surface area contributed by atoms with Crippen molar-refractivity contribution < 1.29 is 4.74 Å². The number of hydrogen-bond acceptors (Lipinski definition) is 2. The van der Waals surface area contributed by atoms with Crippen LogP contribution in [0.1, 0.15) is 12.8 Å². The van der Waals surface area contributed by atoms with E-state index in [1.165, 1.54) is 0 Å². The third kappa shape index (κ3) is 3.52. The molecule has 1 aliphatic rings. The molecule has 1 aromatic rings. The first-order valence-electron chi connectivity index (χ1n) is 4.46. The van der Waals surface area contributed by atoms with Crippen LogP contribution >= 0.6 is 39.9 Å². The molecule has 84 valence electrons. The van der Waals surface area contributed by atoms with Crippen LogP contribution in [0, 0.1) is 0 Å². The lowest BCUT2D eigenvalue weighted by molar-refractivity contribution is 0.279. The van der Waals surface area contributed by atoms with E-state index in [4.69, 9.17) is 22.1 Å². The minimum absolute atomic E-state index is 0. The second-order valence-electron chi connectivity index (χ2n) is 3.73. The molecule has 0 bridgehead atoms. The zero-order valence-electron chi connectivity index (χ0n) is 8.00. The average Bonchev–Trinajstić information content (AvgIpc) is 2.87. The number of halogens is 3. The zero-order valence-corrected chi connectivity index (χ0v) is 11.2. The summed E-state index contributed by atoms with van der Waals surface area (Å²) in [6.45, 7) is 0.574. The molecule has 0 spiro atoms. The lowest BCUT2D eigenvalue weighted by Gasteiger charge is -2.11. The highest BCUT2D eigenvalue weighted by molar-refractivity contribution is 9.10. The van der Waals surface area contributed by atoms with Crippen LogP contribution in [0.3, 0.4) is 0 Å². The number of benzene rings is 1. The number of rotatable bonds is 3. The fourth-order valence-corrected chi connectivity index (χ4v) is 1.52. The Balaban J connectivity index is 0.00000112. The Morgan fingerprint density at radius 1 is 1.47 bits per heavy atom. The summed E-state index contributed by atoms with van der Waals surface area (Å²) < 4.78 is 6.41. The third-order valence-corrected chi connectivity index (χ3v) is 3.54. The van der Waals surface area contributed by atoms with E-state index in [1.807, 2.05) is 12.1 Å². The summed E-state index contributed by atoms with van der Waals surface area (Å²) in [5, 5.41) is 0.657. The molecular weight excluding hydrogens is 301 g/mol. The highest BCUT2D eigenvalue weighted by Crippen LogP contribution is 2.33. The summed E-state index contributed by atoms with van der Waals surface area (Å²) in [7, 11) is 0. The molecule has 5 heteroatoms. The van der Waals surface area contributed by atoms with Gasteiger partial charge < -0.3 is 10.5 Å². The Labute approximate surface area is 109 Å². The largest absolute Gasteiger partial charge is 0.492 e. The molecule has 0 amide bonds. The van der Waals surface area contributed by atoms with E-state index in [0.717, 1.165) is 23.1 Å². The van der Waals surface area contributed by atoms with Gasteiger partial charge in [0.25, 0.3) is 0 Å². The van der Waals surface area contributed by atoms with Crippen molar-refractivity contribution in [2.24, 2.45) is 5.73 Å². The summed E-state index contributed by atoms with van der Waals surface area (Å²) in [5.41, 5.74) is 5.81. The van der Waals surface area contributed by atoms with Crippen molar-refractivity contribution in [1.82, 2.24) is 0 Å². The molecule has 1 fully saturated rings. The first kappa shape index (κ1) is 13.1. The van der Waals surface area contributed by atoms with E-state index in [-0.39, 0.29) is 17.9 Å². The minimum atomic E-state index is -0.0838. The Morgan fingerprint density at radius 3 is 2.67 bits per heavy atom. The molecule has 0 aliphatic heterocycles. The SMILES string of the molecule is Cl.NC1(COc2ccc(Br)c(Cl)c2)CC1. The molecule has 1 aliphatic carbocycles. The van der Waals surface area contributed by atoms with Gasteiger partial charge in [0.15, 0.2) is 0 Å². The summed E-state index contributed by atoms with van der Waals surface area (Å²) in [5.74, 6) is 0.773. The van der Waals surface area contributed by atoms with Gasteiger partial charge in [-0.3, -0.25) is 0 Å². The van der Waals surface area contributed by atoms with Gasteiger partial charge in [-0.1, -0.05) is 11.6 Å². The van der Waals surface area contributed by atoms with Gasteiger partial charge >= 0.3 is 0 Å². The lowest BCUT2D eigenvalue weighted by Crippen LogP contribution is -2.29. The minimum Gasteiger partial charge on any atom is -0.492 e. The summed E-state index contributed by atoms with van der Waals surface area (Å²) in [6.07, 6.45) is 2.11. The van der Waals surface area contributed by atoms with Crippen LogP contribution in [0.15, 0.2) is 22.7 Å². The molecule has 2 nitrogen and oxygen atoms in total. The fraction of sp³-hybridized carbons (Fsp3) is 0.400. The van der Waals surface area contributed by atoms with Crippen LogP contribution in [0.4, 0.5) is 0 Å². The maximum atomic E-state index is 5.92. The second kappa shape index (κ2) is 4.91. The van der Waals surface area contributed by atoms with Crippen molar-refractivity contribution in [3.05, 3.63) is 27.7 Å². The van der Waals surface area contributed by atoms with Gasteiger partial charge in [-0.2, -0.15) is 0 Å². The Bertz CT molecular complexity index is 355. The first-order valence-corrected chi connectivity index (χ1v) is 5.63. The van der Waals surface area contributed by atoms with Gasteiger partial charge in [0.2, 0.25) is 0 Å². The highest BCUT2D eigenvalue weighted by atomic mass is 79.9. The van der Waals surface area contributed by atoms with Crippen molar-refractivity contribution >= 4 is 39.9 Å². The van der Waals surface area contributed by atoms with E-state index in [9.17, 15) is 0 Å². The Hall–Kier alpha value is 0.0400. The second-order valence-corrected chi connectivity index (χ2v) is 4.99. The zero-order chi connectivity index (χ0) is 10.2. The van der Waals surface area contributed by atoms with E-state index < -0.39 is 0 Å². The normalized spacial score (nSPS) is 16.7. The lowest BCUT2D eigenvalue weighted by atomic mass is 10.3. The molecule has 0 saturated heterocycles. The van der Waals surface area contributed by atoms with Crippen LogP contribution < -0.4 is 10.5 Å². The topological polar surface area (TPSA) is 35.2 Å². The van der Waals surface area contributed by atoms with Gasteiger partial charge in [0.1, 0.15) is 12.4 Å². The first-order chi connectivity index (χ1) is 6.59. The van der Waals surface area contributed by atoms with Crippen molar-refractivity contribution in [3.63, 3.8) is 0 Å². The van der Waals surface area contributed by atoms with Gasteiger partial charge in [0.05, 0.1) is 10.6 Å². The standard InChI is InChI=1S/C10H11BrClNO.ClH/c11-8-2-1-7(5-9(8)12)14-6-10(13)3-4-10;/h1-2,5H,3-4,6,13H2;1H. The predicted octanol–water partition coefficient (Wildman–Crippen LogP) is 3.39. The van der Waals surface area contributed by atoms with E-state index in [1.54, 1.807) is 6.07 Å². The summed E-state index contributed by atoms with van der Waals surface area (Å²) >= 11 is 9.24. The van der Waals surface area contributed by atoms with E-state index in [2.05, 4.69) is 15.9 Å². The summed E-state index contributed by atoms with van der Waals surface area (Å²) in [6, 6.07) is 5.53. The molecule has 0 heterocycles. The van der Waals surface area contributed by atoms with E-state index >= 15 is 0 Å². The van der Waals surface area contributed by atoms with Crippen LogP contribution in [0.5, 0.6) is 5.75 Å². The molecular formula is C10H12BrCl2NO. The fourth-order valence-electron chi connectivity index (χ4n) is 1.10. The third-order valence-electron chi connectivity index (χ3n) is 2.31. The molecule has 0 unspecified atom stereocenters. The Kier molecular flexibility index (Phi) is 4.29. The maximum absolute atomic E-state index is 5.92.